The van der Waals surface area contributed by atoms with Crippen LogP contribution in [0.4, 0.5) is 0 Å². The molecule has 2 heterocycles. The van der Waals surface area contributed by atoms with Crippen molar-refractivity contribution in [2.24, 2.45) is 5.92 Å². The molecule has 0 unspecified atom stereocenters. The minimum absolute atomic E-state index is 0.100. The van der Waals surface area contributed by atoms with E-state index in [1.807, 2.05) is 12.1 Å². The first-order valence-electron chi connectivity index (χ1n) is 8.76. The van der Waals surface area contributed by atoms with Crippen molar-refractivity contribution in [1.82, 2.24) is 4.90 Å². The van der Waals surface area contributed by atoms with Crippen molar-refractivity contribution in [2.75, 3.05) is 20.2 Å². The maximum absolute atomic E-state index is 12.5. The van der Waals surface area contributed by atoms with Crippen molar-refractivity contribution >= 4 is 11.9 Å². The average Bonchev–Trinajstić information content (AvgIpc) is 3.11. The molecule has 6 heteroatoms. The second-order valence-electron chi connectivity index (χ2n) is 6.60. The molecule has 6 nitrogen and oxygen atoms in total. The summed E-state index contributed by atoms with van der Waals surface area (Å²) in [5.74, 6) is 0.359. The van der Waals surface area contributed by atoms with Gasteiger partial charge in [-0.2, -0.15) is 0 Å². The van der Waals surface area contributed by atoms with E-state index < -0.39 is 5.97 Å². The Labute approximate surface area is 152 Å². The van der Waals surface area contributed by atoms with Crippen LogP contribution in [-0.2, 0) is 17.8 Å². The predicted molar refractivity (Wildman–Crippen MR) is 95.2 cm³/mol. The van der Waals surface area contributed by atoms with Crippen molar-refractivity contribution in [3.8, 4) is 0 Å². The molecule has 0 bridgehead atoms. The third kappa shape index (κ3) is 4.14. The molecule has 1 aliphatic heterocycles. The predicted octanol–water partition coefficient (Wildman–Crippen LogP) is 3.22. The zero-order valence-electron chi connectivity index (χ0n) is 14.8. The second-order valence-corrected chi connectivity index (χ2v) is 6.60. The molecule has 0 radical (unpaired) electrons. The number of amides is 1. The van der Waals surface area contributed by atoms with Crippen LogP contribution in [0.1, 0.15) is 45.1 Å². The molecule has 0 spiro atoms. The smallest absolute Gasteiger partial charge is 0.335 e. The van der Waals surface area contributed by atoms with Gasteiger partial charge in [0.15, 0.2) is 5.76 Å². The molecule has 1 amide bonds. The van der Waals surface area contributed by atoms with Gasteiger partial charge in [0.05, 0.1) is 5.56 Å². The Kier molecular flexibility index (Phi) is 5.73. The lowest BCUT2D eigenvalue weighted by molar-refractivity contribution is 0.0651. The van der Waals surface area contributed by atoms with Crippen LogP contribution in [0.2, 0.25) is 0 Å². The molecule has 1 N–H and O–H groups in total. The van der Waals surface area contributed by atoms with Crippen LogP contribution in [-0.4, -0.2) is 42.1 Å². The van der Waals surface area contributed by atoms with Crippen LogP contribution >= 0.6 is 0 Å². The monoisotopic (exact) mass is 357 g/mol. The zero-order chi connectivity index (χ0) is 18.5. The van der Waals surface area contributed by atoms with Crippen molar-refractivity contribution in [2.45, 2.75) is 25.9 Å². The first-order chi connectivity index (χ1) is 12.6. The number of likely N-dealkylation sites (tertiary alicyclic amines) is 1. The van der Waals surface area contributed by atoms with Crippen LogP contribution in [0.25, 0.3) is 0 Å². The number of methoxy groups -OCH3 is 1. The van der Waals surface area contributed by atoms with E-state index in [0.717, 1.165) is 24.8 Å². The standard InChI is InChI=1S/C20H23NO5/c1-25-13-16-6-7-18(26-16)19(22)21-10-8-14(9-11-21)12-15-4-2-3-5-17(15)20(23)24/h2-7,14H,8-13H2,1H3,(H,23,24). The highest BCUT2D eigenvalue weighted by Gasteiger charge is 2.26. The number of aromatic carboxylic acids is 1. The fourth-order valence-electron chi connectivity index (χ4n) is 3.43. The summed E-state index contributed by atoms with van der Waals surface area (Å²) in [7, 11) is 1.58. The fraction of sp³-hybridized carbons (Fsp3) is 0.400. The Bertz CT molecular complexity index is 774. The number of carbonyl (C=O) groups excluding carboxylic acids is 1. The summed E-state index contributed by atoms with van der Waals surface area (Å²) in [4.78, 5) is 25.7. The Hall–Kier alpha value is -2.60. The van der Waals surface area contributed by atoms with E-state index >= 15 is 0 Å². The Morgan fingerprint density at radius 1 is 1.19 bits per heavy atom. The molecular formula is C20H23NO5. The van der Waals surface area contributed by atoms with E-state index in [-0.39, 0.29) is 5.91 Å². The van der Waals surface area contributed by atoms with Gasteiger partial charge in [-0.1, -0.05) is 18.2 Å². The van der Waals surface area contributed by atoms with Crippen molar-refractivity contribution < 1.29 is 23.8 Å². The minimum Gasteiger partial charge on any atom is -0.478 e. The number of hydrogen-bond acceptors (Lipinski definition) is 4. The van der Waals surface area contributed by atoms with Crippen molar-refractivity contribution in [3.05, 3.63) is 59.0 Å². The molecule has 138 valence electrons. The topological polar surface area (TPSA) is 80.0 Å². The molecule has 3 rings (SSSR count). The van der Waals surface area contributed by atoms with Crippen molar-refractivity contribution in [1.29, 1.82) is 0 Å². The summed E-state index contributed by atoms with van der Waals surface area (Å²) >= 11 is 0. The number of benzene rings is 1. The molecule has 1 aromatic heterocycles. The summed E-state index contributed by atoms with van der Waals surface area (Å²) in [5, 5.41) is 9.30. The number of hydrogen-bond donors (Lipinski definition) is 1. The number of carbonyl (C=O) groups is 2. The SMILES string of the molecule is COCc1ccc(C(=O)N2CCC(Cc3ccccc3C(=O)O)CC2)o1. The molecule has 1 saturated heterocycles. The lowest BCUT2D eigenvalue weighted by Crippen LogP contribution is -2.38. The van der Waals surface area contributed by atoms with E-state index in [1.165, 1.54) is 0 Å². The quantitative estimate of drug-likeness (QED) is 0.859. The van der Waals surface area contributed by atoms with Gasteiger partial charge in [-0.25, -0.2) is 4.79 Å². The zero-order valence-corrected chi connectivity index (χ0v) is 14.8. The van der Waals surface area contributed by atoms with Crippen LogP contribution in [0.3, 0.4) is 0 Å². The molecule has 0 aliphatic carbocycles. The lowest BCUT2D eigenvalue weighted by atomic mass is 9.88. The largest absolute Gasteiger partial charge is 0.478 e. The van der Waals surface area contributed by atoms with E-state index in [2.05, 4.69) is 0 Å². The Morgan fingerprint density at radius 3 is 2.62 bits per heavy atom. The number of carboxylic acids is 1. The van der Waals surface area contributed by atoms with E-state index in [4.69, 9.17) is 9.15 Å². The summed E-state index contributed by atoms with van der Waals surface area (Å²) in [6.07, 6.45) is 2.43. The first-order valence-corrected chi connectivity index (χ1v) is 8.76. The summed E-state index contributed by atoms with van der Waals surface area (Å²) in [5.41, 5.74) is 1.23. The number of carboxylic acid groups (broad SMARTS) is 1. The number of ether oxygens (including phenoxy) is 1. The summed E-state index contributed by atoms with van der Waals surface area (Å²) in [6, 6.07) is 10.6. The van der Waals surface area contributed by atoms with E-state index in [0.29, 0.717) is 42.7 Å². The van der Waals surface area contributed by atoms with E-state index in [9.17, 15) is 14.7 Å². The van der Waals surface area contributed by atoms with Gasteiger partial charge in [-0.3, -0.25) is 4.79 Å². The summed E-state index contributed by atoms with van der Waals surface area (Å²) < 4.78 is 10.5. The second kappa shape index (κ2) is 8.19. The minimum atomic E-state index is -0.891. The van der Waals surface area contributed by atoms with Crippen LogP contribution in [0.15, 0.2) is 40.8 Å². The van der Waals surface area contributed by atoms with Gasteiger partial charge in [0.2, 0.25) is 0 Å². The van der Waals surface area contributed by atoms with Crippen LogP contribution < -0.4 is 0 Å². The fourth-order valence-corrected chi connectivity index (χ4v) is 3.43. The molecule has 26 heavy (non-hydrogen) atoms. The van der Waals surface area contributed by atoms with Gasteiger partial charge in [-0.15, -0.1) is 0 Å². The van der Waals surface area contributed by atoms with Gasteiger partial charge < -0.3 is 19.2 Å². The highest BCUT2D eigenvalue weighted by Crippen LogP contribution is 2.25. The molecule has 0 atom stereocenters. The van der Waals surface area contributed by atoms with Gasteiger partial charge in [0.25, 0.3) is 5.91 Å². The maximum Gasteiger partial charge on any atom is 0.335 e. The number of nitrogens with zero attached hydrogens (tertiary/aromatic N) is 1. The van der Waals surface area contributed by atoms with Gasteiger partial charge >= 0.3 is 5.97 Å². The highest BCUT2D eigenvalue weighted by atomic mass is 16.5. The van der Waals surface area contributed by atoms with Crippen molar-refractivity contribution in [3.63, 3.8) is 0 Å². The van der Waals surface area contributed by atoms with E-state index in [1.54, 1.807) is 36.3 Å². The van der Waals surface area contributed by atoms with Gasteiger partial charge in [0.1, 0.15) is 12.4 Å². The number of furan rings is 1. The van der Waals surface area contributed by atoms with Crippen LogP contribution in [0, 0.1) is 5.92 Å². The third-order valence-electron chi connectivity index (χ3n) is 4.82. The number of rotatable bonds is 6. The first kappa shape index (κ1) is 18.2. The van der Waals surface area contributed by atoms with Crippen LogP contribution in [0.5, 0.6) is 0 Å². The molecule has 1 aromatic carbocycles. The molecule has 1 aliphatic rings. The normalized spacial score (nSPS) is 15.2. The Morgan fingerprint density at radius 2 is 1.92 bits per heavy atom. The number of piperidine rings is 1. The molecule has 1 fully saturated rings. The third-order valence-corrected chi connectivity index (χ3v) is 4.82. The van der Waals surface area contributed by atoms with Gasteiger partial charge in [0, 0.05) is 20.2 Å². The summed E-state index contributed by atoms with van der Waals surface area (Å²) in [6.45, 7) is 1.65. The molecular weight excluding hydrogens is 334 g/mol. The maximum atomic E-state index is 12.5. The highest BCUT2D eigenvalue weighted by molar-refractivity contribution is 5.91. The van der Waals surface area contributed by atoms with Gasteiger partial charge in [-0.05, 0) is 48.9 Å². The molecule has 0 saturated carbocycles. The lowest BCUT2D eigenvalue weighted by Gasteiger charge is -2.31. The molecule has 2 aromatic rings. The Balaban J connectivity index is 1.57. The average molecular weight is 357 g/mol.